The van der Waals surface area contributed by atoms with E-state index in [4.69, 9.17) is 0 Å². The Labute approximate surface area is 145 Å². The first-order valence-electron chi connectivity index (χ1n) is 8.12. The number of fused-ring (bicyclic) bond motifs is 2. The number of aromatic nitrogens is 1. The molecule has 3 heterocycles. The van der Waals surface area contributed by atoms with E-state index in [1.54, 1.807) is 11.8 Å². The van der Waals surface area contributed by atoms with Gasteiger partial charge in [0, 0.05) is 37.3 Å². The first-order valence-corrected chi connectivity index (χ1v) is 8.93. The maximum atomic E-state index is 9.23. The number of rotatable bonds is 1. The Morgan fingerprint density at radius 3 is 2.71 bits per heavy atom. The van der Waals surface area contributed by atoms with E-state index in [2.05, 4.69) is 62.8 Å². The van der Waals surface area contributed by atoms with Crippen LogP contribution in [0, 0.1) is 0 Å². The van der Waals surface area contributed by atoms with Crippen molar-refractivity contribution in [3.8, 4) is 0 Å². The second-order valence-electron chi connectivity index (χ2n) is 6.20. The molecule has 0 aliphatic carbocycles. The van der Waals surface area contributed by atoms with Crippen LogP contribution in [0.25, 0.3) is 5.70 Å². The van der Waals surface area contributed by atoms with Gasteiger partial charge in [-0.2, -0.15) is 0 Å². The molecule has 1 saturated heterocycles. The van der Waals surface area contributed by atoms with E-state index in [0.717, 1.165) is 36.9 Å². The van der Waals surface area contributed by atoms with Gasteiger partial charge in [0.15, 0.2) is 0 Å². The summed E-state index contributed by atoms with van der Waals surface area (Å²) in [5, 5.41) is 13.6. The summed E-state index contributed by atoms with van der Waals surface area (Å²) in [6.07, 6.45) is 2.02. The highest BCUT2D eigenvalue weighted by Crippen LogP contribution is 2.44. The van der Waals surface area contributed by atoms with Crippen molar-refractivity contribution < 1.29 is 5.21 Å². The molecule has 1 N–H and O–H groups in total. The second kappa shape index (κ2) is 6.49. The molecular weight excluding hydrogens is 320 g/mol. The topological polar surface area (TPSA) is 44.0 Å². The molecule has 0 spiro atoms. The van der Waals surface area contributed by atoms with Gasteiger partial charge in [-0.25, -0.2) is 0 Å². The molecule has 5 nitrogen and oxygen atoms in total. The van der Waals surface area contributed by atoms with Gasteiger partial charge < -0.3 is 14.7 Å². The van der Waals surface area contributed by atoms with Crippen LogP contribution in [0.4, 0.5) is 0 Å². The minimum Gasteiger partial charge on any atom is -0.404 e. The fraction of sp³-hybridized carbons (Fsp3) is 0.333. The van der Waals surface area contributed by atoms with Gasteiger partial charge >= 0.3 is 0 Å². The quantitative estimate of drug-likeness (QED) is 0.492. The third-order valence-electron chi connectivity index (χ3n) is 4.73. The van der Waals surface area contributed by atoms with Gasteiger partial charge in [-0.15, -0.1) is 0 Å². The third kappa shape index (κ3) is 2.68. The van der Waals surface area contributed by atoms with E-state index in [1.165, 1.54) is 10.5 Å². The summed E-state index contributed by atoms with van der Waals surface area (Å²) < 4.78 is 2.09. The maximum absolute atomic E-state index is 9.23. The lowest BCUT2D eigenvalue weighted by molar-refractivity contribution is 0.131. The zero-order chi connectivity index (χ0) is 16.5. The molecule has 0 amide bonds. The summed E-state index contributed by atoms with van der Waals surface area (Å²) in [6.45, 7) is 4.03. The first kappa shape index (κ1) is 15.5. The van der Waals surface area contributed by atoms with E-state index in [-0.39, 0.29) is 6.04 Å². The Bertz CT molecular complexity index is 801. The molecule has 1 aromatic heterocycles. The molecule has 0 radical (unpaired) electrons. The highest BCUT2D eigenvalue weighted by molar-refractivity contribution is 7.99. The van der Waals surface area contributed by atoms with Crippen molar-refractivity contribution in [3.63, 3.8) is 0 Å². The molecule has 24 heavy (non-hydrogen) atoms. The van der Waals surface area contributed by atoms with Crippen molar-refractivity contribution in [2.24, 2.45) is 5.16 Å². The minimum absolute atomic E-state index is 0.0342. The van der Waals surface area contributed by atoms with Crippen LogP contribution in [0.15, 0.2) is 57.7 Å². The molecule has 1 fully saturated rings. The lowest BCUT2D eigenvalue weighted by atomic mass is 10.0. The highest BCUT2D eigenvalue weighted by Gasteiger charge is 2.33. The van der Waals surface area contributed by atoms with E-state index < -0.39 is 0 Å². The van der Waals surface area contributed by atoms with E-state index in [9.17, 15) is 5.21 Å². The minimum atomic E-state index is 0.0342. The average molecular weight is 340 g/mol. The summed E-state index contributed by atoms with van der Waals surface area (Å²) in [5.41, 5.74) is 2.13. The van der Waals surface area contributed by atoms with E-state index >= 15 is 0 Å². The lowest BCUT2D eigenvalue weighted by Crippen LogP contribution is -2.46. The second-order valence-corrected chi connectivity index (χ2v) is 7.26. The molecule has 2 aromatic rings. The Morgan fingerprint density at radius 2 is 1.92 bits per heavy atom. The molecule has 0 bridgehead atoms. The number of piperazine rings is 1. The number of nitrogens with zero attached hydrogens (tertiary/aromatic N) is 4. The van der Waals surface area contributed by atoms with Crippen molar-refractivity contribution >= 4 is 23.3 Å². The lowest BCUT2D eigenvalue weighted by Gasteiger charge is -2.38. The van der Waals surface area contributed by atoms with Gasteiger partial charge in [0.05, 0.1) is 16.9 Å². The Morgan fingerprint density at radius 1 is 1.12 bits per heavy atom. The molecule has 4 rings (SSSR count). The van der Waals surface area contributed by atoms with Crippen LogP contribution in [0.2, 0.25) is 0 Å². The molecule has 1 unspecified atom stereocenters. The Balaban J connectivity index is 1.88. The number of hydrogen-bond acceptors (Lipinski definition) is 5. The van der Waals surface area contributed by atoms with Crippen LogP contribution in [0.5, 0.6) is 0 Å². The van der Waals surface area contributed by atoms with Crippen LogP contribution < -0.4 is 0 Å². The monoisotopic (exact) mass is 340 g/mol. The number of likely N-dealkylation sites (N-methyl/N-ethyl adjacent to an activating group) is 1. The molecule has 0 saturated carbocycles. The van der Waals surface area contributed by atoms with Crippen LogP contribution in [0.1, 0.15) is 11.6 Å². The fourth-order valence-electron chi connectivity index (χ4n) is 3.45. The molecule has 6 heteroatoms. The maximum Gasteiger partial charge on any atom is 0.111 e. The van der Waals surface area contributed by atoms with Crippen LogP contribution in [-0.2, 0) is 0 Å². The predicted molar refractivity (Wildman–Crippen MR) is 95.7 cm³/mol. The smallest absolute Gasteiger partial charge is 0.111 e. The predicted octanol–water partition coefficient (Wildman–Crippen LogP) is 2.84. The van der Waals surface area contributed by atoms with Crippen molar-refractivity contribution in [1.29, 1.82) is 0 Å². The molecule has 124 valence electrons. The van der Waals surface area contributed by atoms with Crippen LogP contribution >= 0.6 is 11.8 Å². The summed E-state index contributed by atoms with van der Waals surface area (Å²) in [7, 11) is 2.16. The molecule has 1 atom stereocenters. The average Bonchev–Trinajstić information content (AvgIpc) is 3.00. The van der Waals surface area contributed by atoms with Gasteiger partial charge in [-0.05, 0) is 36.0 Å². The molecule has 2 aliphatic heterocycles. The van der Waals surface area contributed by atoms with Crippen molar-refractivity contribution in [2.75, 3.05) is 33.2 Å². The van der Waals surface area contributed by atoms with Crippen molar-refractivity contribution in [2.45, 2.75) is 16.0 Å². The van der Waals surface area contributed by atoms with Gasteiger partial charge in [-0.3, -0.25) is 4.90 Å². The standard InChI is InChI=1S/C18H20N4OS/c1-20-9-11-21(12-10-20)18-14-5-2-3-6-16(14)24-17-7-4-8-22(17)15(18)13-19-23/h2-8,18,23H,9-12H2,1H3. The van der Waals surface area contributed by atoms with Crippen molar-refractivity contribution in [3.05, 3.63) is 48.2 Å². The SMILES string of the molecule is CN1CCN(C2C(=C=NO)n3cccc3Sc3ccccc32)CC1. The summed E-state index contributed by atoms with van der Waals surface area (Å²) in [4.78, 5) is 6.05. The van der Waals surface area contributed by atoms with Gasteiger partial charge in [0.25, 0.3) is 0 Å². The fourth-order valence-corrected chi connectivity index (χ4v) is 4.53. The Kier molecular flexibility index (Phi) is 4.21. The first-order chi connectivity index (χ1) is 11.8. The zero-order valence-corrected chi connectivity index (χ0v) is 14.4. The van der Waals surface area contributed by atoms with E-state index in [0.29, 0.717) is 0 Å². The van der Waals surface area contributed by atoms with Gasteiger partial charge in [0.2, 0.25) is 0 Å². The summed E-state index contributed by atoms with van der Waals surface area (Å²) in [6, 6.07) is 12.7. The summed E-state index contributed by atoms with van der Waals surface area (Å²) >= 11 is 1.75. The highest BCUT2D eigenvalue weighted by atomic mass is 32.2. The number of benzene rings is 1. The van der Waals surface area contributed by atoms with Gasteiger partial charge in [-0.1, -0.05) is 30.0 Å². The van der Waals surface area contributed by atoms with Gasteiger partial charge in [0.1, 0.15) is 5.70 Å². The van der Waals surface area contributed by atoms with Crippen LogP contribution in [-0.4, -0.2) is 58.7 Å². The van der Waals surface area contributed by atoms with Crippen molar-refractivity contribution in [1.82, 2.24) is 14.4 Å². The zero-order valence-electron chi connectivity index (χ0n) is 13.6. The normalized spacial score (nSPS) is 21.5. The third-order valence-corrected chi connectivity index (χ3v) is 5.86. The largest absolute Gasteiger partial charge is 0.404 e. The molecule has 2 aliphatic rings. The summed E-state index contributed by atoms with van der Waals surface area (Å²) in [5.74, 6) is 2.86. The molecular formula is C18H20N4OS. The van der Waals surface area contributed by atoms with Crippen LogP contribution in [0.3, 0.4) is 0 Å². The molecule has 1 aromatic carbocycles. The Hall–Kier alpha value is -1.98. The van der Waals surface area contributed by atoms with E-state index in [1.807, 2.05) is 12.3 Å². The number of hydrogen-bond donors (Lipinski definition) is 1.